The Morgan fingerprint density at radius 2 is 2.20 bits per heavy atom. The van der Waals surface area contributed by atoms with Gasteiger partial charge in [-0.2, -0.15) is 0 Å². The van der Waals surface area contributed by atoms with E-state index in [4.69, 9.17) is 4.74 Å². The van der Waals surface area contributed by atoms with Crippen molar-refractivity contribution in [3.05, 3.63) is 29.3 Å². The molecular formula is C17H25NO2. The number of ether oxygens (including phenoxy) is 1. The molecule has 2 rings (SSSR count). The first-order valence-corrected chi connectivity index (χ1v) is 7.54. The fraction of sp³-hybridized carbons (Fsp3) is 0.588. The van der Waals surface area contributed by atoms with Crippen molar-refractivity contribution in [1.82, 2.24) is 0 Å². The zero-order valence-corrected chi connectivity index (χ0v) is 12.8. The lowest BCUT2D eigenvalue weighted by Gasteiger charge is -2.31. The maximum absolute atomic E-state index is 11.5. The molecule has 0 bridgehead atoms. The Labute approximate surface area is 121 Å². The Kier molecular flexibility index (Phi) is 5.18. The van der Waals surface area contributed by atoms with E-state index >= 15 is 0 Å². The summed E-state index contributed by atoms with van der Waals surface area (Å²) in [6.45, 7) is 9.56. The highest BCUT2D eigenvalue weighted by Crippen LogP contribution is 2.28. The summed E-state index contributed by atoms with van der Waals surface area (Å²) in [5, 5.41) is 0. The summed E-state index contributed by atoms with van der Waals surface area (Å²) in [6.07, 6.45) is 2.22. The fourth-order valence-corrected chi connectivity index (χ4v) is 2.62. The molecule has 0 saturated carbocycles. The summed E-state index contributed by atoms with van der Waals surface area (Å²) in [6, 6.07) is 6.08. The van der Waals surface area contributed by atoms with Gasteiger partial charge in [0.2, 0.25) is 0 Å². The topological polar surface area (TPSA) is 29.5 Å². The molecule has 3 heteroatoms. The molecule has 0 N–H and O–H groups in total. The van der Waals surface area contributed by atoms with Crippen LogP contribution in [0.25, 0.3) is 0 Å². The lowest BCUT2D eigenvalue weighted by Crippen LogP contribution is -2.32. The molecule has 0 saturated heterocycles. The highest BCUT2D eigenvalue weighted by Gasteiger charge is 2.17. The summed E-state index contributed by atoms with van der Waals surface area (Å²) in [5.41, 5.74) is 3.39. The van der Waals surface area contributed by atoms with Crippen molar-refractivity contribution in [2.24, 2.45) is 5.92 Å². The van der Waals surface area contributed by atoms with Crippen LogP contribution in [0, 0.1) is 5.92 Å². The fourth-order valence-electron chi connectivity index (χ4n) is 2.62. The molecule has 0 unspecified atom stereocenters. The monoisotopic (exact) mass is 275 g/mol. The number of carbonyl (C=O) groups is 1. The zero-order chi connectivity index (χ0) is 14.5. The number of benzene rings is 1. The minimum atomic E-state index is 0.144. The molecule has 0 radical (unpaired) electrons. The number of fused-ring (bicyclic) bond motifs is 1. The average molecular weight is 275 g/mol. The normalized spacial score (nSPS) is 14.5. The molecule has 0 spiro atoms. The van der Waals surface area contributed by atoms with Crippen LogP contribution in [0.3, 0.4) is 0 Å². The maximum Gasteiger partial charge on any atom is 0.159 e. The Morgan fingerprint density at radius 1 is 1.40 bits per heavy atom. The number of hydrogen-bond acceptors (Lipinski definition) is 3. The lowest BCUT2D eigenvalue weighted by molar-refractivity contribution is 0.101. The average Bonchev–Trinajstić information content (AvgIpc) is 2.42. The molecule has 1 aromatic rings. The van der Waals surface area contributed by atoms with Gasteiger partial charge in [-0.15, -0.1) is 0 Å². The van der Waals surface area contributed by atoms with Gasteiger partial charge < -0.3 is 9.64 Å². The van der Waals surface area contributed by atoms with E-state index in [2.05, 4.69) is 30.9 Å². The van der Waals surface area contributed by atoms with Gasteiger partial charge in [0, 0.05) is 30.9 Å². The van der Waals surface area contributed by atoms with E-state index in [0.717, 1.165) is 44.7 Å². The number of Topliss-reactive ketones (excluding diaryl/α,β-unsaturated/α-hetero) is 1. The number of rotatable bonds is 6. The van der Waals surface area contributed by atoms with Crippen LogP contribution in [0.4, 0.5) is 5.69 Å². The van der Waals surface area contributed by atoms with E-state index in [-0.39, 0.29) is 5.78 Å². The van der Waals surface area contributed by atoms with Gasteiger partial charge in [-0.05, 0) is 49.4 Å². The molecule has 1 aliphatic heterocycles. The van der Waals surface area contributed by atoms with Crippen molar-refractivity contribution in [2.75, 3.05) is 31.2 Å². The van der Waals surface area contributed by atoms with Gasteiger partial charge in [-0.25, -0.2) is 0 Å². The first-order chi connectivity index (χ1) is 9.58. The second kappa shape index (κ2) is 6.89. The van der Waals surface area contributed by atoms with E-state index in [0.29, 0.717) is 5.92 Å². The molecule has 1 aliphatic rings. The molecule has 3 nitrogen and oxygen atoms in total. The number of ketones is 1. The number of nitrogens with zero attached hydrogens (tertiary/aromatic N) is 1. The number of aryl methyl sites for hydroxylation is 1. The standard InChI is InChI=1S/C17H25NO2/c1-13(2)12-20-10-9-18-8-4-5-16-11-15(14(3)19)6-7-17(16)18/h6-7,11,13H,4-5,8-10,12H2,1-3H3. The summed E-state index contributed by atoms with van der Waals surface area (Å²) >= 11 is 0. The van der Waals surface area contributed by atoms with E-state index < -0.39 is 0 Å². The molecular weight excluding hydrogens is 250 g/mol. The Hall–Kier alpha value is -1.35. The van der Waals surface area contributed by atoms with Crippen molar-refractivity contribution in [3.8, 4) is 0 Å². The van der Waals surface area contributed by atoms with E-state index in [1.54, 1.807) is 6.92 Å². The SMILES string of the molecule is CC(=O)c1ccc2c(c1)CCCN2CCOCC(C)C. The number of hydrogen-bond donors (Lipinski definition) is 0. The summed E-state index contributed by atoms with van der Waals surface area (Å²) in [7, 11) is 0. The predicted octanol–water partition coefficient (Wildman–Crippen LogP) is 3.31. The third kappa shape index (κ3) is 3.83. The molecule has 110 valence electrons. The summed E-state index contributed by atoms with van der Waals surface area (Å²) in [5.74, 6) is 0.729. The molecule has 0 aromatic heterocycles. The highest BCUT2D eigenvalue weighted by molar-refractivity contribution is 5.94. The van der Waals surface area contributed by atoms with Gasteiger partial charge >= 0.3 is 0 Å². The van der Waals surface area contributed by atoms with Crippen LogP contribution in [-0.4, -0.2) is 32.1 Å². The Morgan fingerprint density at radius 3 is 2.90 bits per heavy atom. The van der Waals surface area contributed by atoms with Gasteiger partial charge in [0.25, 0.3) is 0 Å². The number of anilines is 1. The van der Waals surface area contributed by atoms with Crippen molar-refractivity contribution in [1.29, 1.82) is 0 Å². The van der Waals surface area contributed by atoms with Gasteiger partial charge in [-0.1, -0.05) is 13.8 Å². The van der Waals surface area contributed by atoms with Crippen LogP contribution in [-0.2, 0) is 11.2 Å². The molecule has 0 atom stereocenters. The maximum atomic E-state index is 11.5. The molecule has 1 aromatic carbocycles. The molecule has 0 aliphatic carbocycles. The van der Waals surface area contributed by atoms with Gasteiger partial charge in [0.05, 0.1) is 6.61 Å². The zero-order valence-electron chi connectivity index (χ0n) is 12.8. The second-order valence-corrected chi connectivity index (χ2v) is 5.96. The first kappa shape index (κ1) is 15.0. The van der Waals surface area contributed by atoms with Gasteiger partial charge in [-0.3, -0.25) is 4.79 Å². The van der Waals surface area contributed by atoms with E-state index in [1.807, 2.05) is 6.07 Å². The van der Waals surface area contributed by atoms with Crippen molar-refractivity contribution >= 4 is 11.5 Å². The smallest absolute Gasteiger partial charge is 0.159 e. The van der Waals surface area contributed by atoms with E-state index in [1.165, 1.54) is 11.3 Å². The Balaban J connectivity index is 1.99. The third-order valence-corrected chi connectivity index (χ3v) is 3.66. The minimum absolute atomic E-state index is 0.144. The van der Waals surface area contributed by atoms with Crippen molar-refractivity contribution < 1.29 is 9.53 Å². The molecule has 20 heavy (non-hydrogen) atoms. The molecule has 0 amide bonds. The van der Waals surface area contributed by atoms with Crippen LogP contribution < -0.4 is 4.90 Å². The lowest BCUT2D eigenvalue weighted by atomic mass is 9.98. The van der Waals surface area contributed by atoms with Crippen LogP contribution in [0.2, 0.25) is 0 Å². The predicted molar refractivity (Wildman–Crippen MR) is 82.6 cm³/mol. The summed E-state index contributed by atoms with van der Waals surface area (Å²) < 4.78 is 5.68. The quantitative estimate of drug-likeness (QED) is 0.589. The van der Waals surface area contributed by atoms with Crippen LogP contribution in [0.1, 0.15) is 43.1 Å². The first-order valence-electron chi connectivity index (χ1n) is 7.54. The van der Waals surface area contributed by atoms with Crippen molar-refractivity contribution in [3.63, 3.8) is 0 Å². The van der Waals surface area contributed by atoms with Crippen LogP contribution in [0.5, 0.6) is 0 Å². The Bertz CT molecular complexity index is 468. The molecule has 1 heterocycles. The van der Waals surface area contributed by atoms with Crippen LogP contribution >= 0.6 is 0 Å². The van der Waals surface area contributed by atoms with Gasteiger partial charge in [0.15, 0.2) is 5.78 Å². The minimum Gasteiger partial charge on any atom is -0.379 e. The van der Waals surface area contributed by atoms with Gasteiger partial charge in [0.1, 0.15) is 0 Å². The number of carbonyl (C=O) groups excluding carboxylic acids is 1. The highest BCUT2D eigenvalue weighted by atomic mass is 16.5. The molecule has 0 fully saturated rings. The largest absolute Gasteiger partial charge is 0.379 e. The van der Waals surface area contributed by atoms with E-state index in [9.17, 15) is 4.79 Å². The van der Waals surface area contributed by atoms with Crippen molar-refractivity contribution in [2.45, 2.75) is 33.6 Å². The van der Waals surface area contributed by atoms with Crippen LogP contribution in [0.15, 0.2) is 18.2 Å². The third-order valence-electron chi connectivity index (χ3n) is 3.66. The second-order valence-electron chi connectivity index (χ2n) is 5.96. The summed E-state index contributed by atoms with van der Waals surface area (Å²) in [4.78, 5) is 13.8.